The summed E-state index contributed by atoms with van der Waals surface area (Å²) in [5.74, 6) is 2.29. The lowest BCUT2D eigenvalue weighted by atomic mass is 9.73. The first-order chi connectivity index (χ1) is 21.5. The zero-order valence-electron chi connectivity index (χ0n) is 26.6. The number of piperidine rings is 2. The van der Waals surface area contributed by atoms with Crippen LogP contribution >= 0.6 is 0 Å². The maximum Gasteiger partial charge on any atom is 0.225 e. The van der Waals surface area contributed by atoms with Gasteiger partial charge in [-0.15, -0.1) is 0 Å². The molecule has 0 N–H and O–H groups in total. The van der Waals surface area contributed by atoms with Crippen LogP contribution in [0.2, 0.25) is 0 Å². The van der Waals surface area contributed by atoms with Crippen LogP contribution in [0.1, 0.15) is 67.5 Å². The van der Waals surface area contributed by atoms with Crippen LogP contribution in [0.15, 0.2) is 54.9 Å². The molecule has 3 aromatic rings. The molecule has 2 saturated heterocycles. The summed E-state index contributed by atoms with van der Waals surface area (Å²) in [5.41, 5.74) is 4.75. The fourth-order valence-corrected chi connectivity index (χ4v) is 7.51. The Balaban J connectivity index is 1.10. The number of likely N-dealkylation sites (tertiary alicyclic amines) is 1. The van der Waals surface area contributed by atoms with E-state index >= 15 is 0 Å². The number of carbonyl (C=O) groups excluding carboxylic acids is 1. The SMILES string of the molecule is Cc1cc(C)nc(N2CCC(C(=O)N3CCC4(CCCCc5ccccc5OCCN(Cc5cccnc5)C4)CC3)CC2)n1. The number of hydrogen-bond acceptors (Lipinski definition) is 7. The van der Waals surface area contributed by atoms with E-state index in [1.54, 1.807) is 0 Å². The topological polar surface area (TPSA) is 74.7 Å². The number of carbonyl (C=O) groups is 1. The molecule has 2 fully saturated rings. The molecule has 1 amide bonds. The van der Waals surface area contributed by atoms with E-state index in [-0.39, 0.29) is 11.3 Å². The second-order valence-electron chi connectivity index (χ2n) is 13.3. The summed E-state index contributed by atoms with van der Waals surface area (Å²) in [6, 6.07) is 14.7. The molecule has 5 heterocycles. The van der Waals surface area contributed by atoms with Crippen molar-refractivity contribution in [1.29, 1.82) is 0 Å². The van der Waals surface area contributed by atoms with E-state index in [0.717, 1.165) is 107 Å². The molecule has 0 radical (unpaired) electrons. The highest BCUT2D eigenvalue weighted by atomic mass is 16.5. The second-order valence-corrected chi connectivity index (χ2v) is 13.3. The van der Waals surface area contributed by atoms with E-state index in [4.69, 9.17) is 4.74 Å². The molecule has 2 aromatic heterocycles. The van der Waals surface area contributed by atoms with Crippen LogP contribution in [0.4, 0.5) is 5.95 Å². The predicted octanol–water partition coefficient (Wildman–Crippen LogP) is 5.62. The summed E-state index contributed by atoms with van der Waals surface area (Å²) < 4.78 is 6.35. The highest BCUT2D eigenvalue weighted by molar-refractivity contribution is 5.79. The van der Waals surface area contributed by atoms with E-state index in [0.29, 0.717) is 12.5 Å². The fourth-order valence-electron chi connectivity index (χ4n) is 7.51. The number of rotatable bonds is 4. The lowest BCUT2D eigenvalue weighted by Gasteiger charge is -2.46. The van der Waals surface area contributed by atoms with Gasteiger partial charge in [0.2, 0.25) is 11.9 Å². The number of fused-ring (bicyclic) bond motifs is 1. The Kier molecular flexibility index (Phi) is 9.75. The molecule has 0 aliphatic carbocycles. The third kappa shape index (κ3) is 7.57. The summed E-state index contributed by atoms with van der Waals surface area (Å²) in [6.07, 6.45) is 12.3. The first-order valence-electron chi connectivity index (χ1n) is 16.6. The molecule has 8 heteroatoms. The Bertz CT molecular complexity index is 1360. The standard InChI is InChI=1S/C36H48N6O2/c1-28-24-29(2)39-35(38-28)42-18-12-32(13-19-42)34(43)41-20-15-36(16-21-41)14-6-5-10-31-9-3-4-11-33(31)44-23-22-40(27-36)26-30-8-7-17-37-25-30/h3-4,7-9,11,17,24-25,32H,5-6,10,12-16,18-23,26-27H2,1-2H3. The highest BCUT2D eigenvalue weighted by Crippen LogP contribution is 2.39. The number of amides is 1. The van der Waals surface area contributed by atoms with E-state index in [1.165, 1.54) is 24.0 Å². The number of ether oxygens (including phenoxy) is 1. The van der Waals surface area contributed by atoms with Crippen molar-refractivity contribution in [3.05, 3.63) is 77.4 Å². The molecule has 0 bridgehead atoms. The minimum Gasteiger partial charge on any atom is -0.492 e. The number of anilines is 1. The monoisotopic (exact) mass is 596 g/mol. The van der Waals surface area contributed by atoms with Crippen LogP contribution < -0.4 is 9.64 Å². The zero-order valence-corrected chi connectivity index (χ0v) is 26.6. The number of pyridine rings is 1. The average Bonchev–Trinajstić information content (AvgIpc) is 3.03. The Morgan fingerprint density at radius 1 is 0.932 bits per heavy atom. The number of hydrogen-bond donors (Lipinski definition) is 0. The number of aromatic nitrogens is 3. The highest BCUT2D eigenvalue weighted by Gasteiger charge is 2.39. The molecular weight excluding hydrogens is 548 g/mol. The maximum atomic E-state index is 13.7. The summed E-state index contributed by atoms with van der Waals surface area (Å²) in [5, 5.41) is 0. The first-order valence-corrected chi connectivity index (χ1v) is 16.6. The van der Waals surface area contributed by atoms with Crippen molar-refractivity contribution in [3.63, 3.8) is 0 Å². The zero-order chi connectivity index (χ0) is 30.4. The largest absolute Gasteiger partial charge is 0.492 e. The summed E-state index contributed by atoms with van der Waals surface area (Å²) in [7, 11) is 0. The van der Waals surface area contributed by atoms with E-state index < -0.39 is 0 Å². The molecular formula is C36H48N6O2. The number of benzene rings is 1. The summed E-state index contributed by atoms with van der Waals surface area (Å²) in [4.78, 5) is 34.4. The van der Waals surface area contributed by atoms with Gasteiger partial charge in [0.1, 0.15) is 12.4 Å². The van der Waals surface area contributed by atoms with E-state index in [2.05, 4.69) is 60.0 Å². The molecule has 44 heavy (non-hydrogen) atoms. The van der Waals surface area contributed by atoms with Gasteiger partial charge in [-0.1, -0.05) is 30.7 Å². The van der Waals surface area contributed by atoms with Crippen molar-refractivity contribution in [2.75, 3.05) is 50.8 Å². The van der Waals surface area contributed by atoms with Gasteiger partial charge in [-0.2, -0.15) is 0 Å². The van der Waals surface area contributed by atoms with Crippen molar-refractivity contribution in [1.82, 2.24) is 24.8 Å². The number of nitrogens with zero attached hydrogens (tertiary/aromatic N) is 6. The van der Waals surface area contributed by atoms with Crippen LogP contribution in [0, 0.1) is 25.2 Å². The van der Waals surface area contributed by atoms with E-state index in [9.17, 15) is 4.79 Å². The molecule has 0 unspecified atom stereocenters. The smallest absolute Gasteiger partial charge is 0.225 e. The Morgan fingerprint density at radius 3 is 2.45 bits per heavy atom. The Hall–Kier alpha value is -3.52. The normalized spacial score (nSPS) is 20.3. The van der Waals surface area contributed by atoms with Crippen LogP contribution in [0.25, 0.3) is 0 Å². The lowest BCUT2D eigenvalue weighted by Crippen LogP contribution is -2.50. The second kappa shape index (κ2) is 14.1. The third-order valence-electron chi connectivity index (χ3n) is 9.96. The van der Waals surface area contributed by atoms with Crippen LogP contribution in [0.5, 0.6) is 5.75 Å². The molecule has 3 aliphatic rings. The minimum absolute atomic E-state index is 0.0989. The predicted molar refractivity (Wildman–Crippen MR) is 174 cm³/mol. The van der Waals surface area contributed by atoms with Crippen molar-refractivity contribution in [2.45, 2.75) is 71.8 Å². The molecule has 1 aromatic carbocycles. The van der Waals surface area contributed by atoms with Crippen LogP contribution in [0.3, 0.4) is 0 Å². The van der Waals surface area contributed by atoms with Crippen LogP contribution in [-0.4, -0.2) is 76.5 Å². The fraction of sp³-hybridized carbons (Fsp3) is 0.556. The molecule has 8 nitrogen and oxygen atoms in total. The minimum atomic E-state index is 0.0989. The molecule has 234 valence electrons. The molecule has 0 atom stereocenters. The van der Waals surface area contributed by atoms with Crippen molar-refractivity contribution in [3.8, 4) is 5.75 Å². The molecule has 3 aliphatic heterocycles. The van der Waals surface area contributed by atoms with Gasteiger partial charge in [0.05, 0.1) is 0 Å². The third-order valence-corrected chi connectivity index (χ3v) is 9.96. The van der Waals surface area contributed by atoms with Gasteiger partial charge in [0, 0.05) is 75.5 Å². The van der Waals surface area contributed by atoms with E-state index in [1.807, 2.05) is 38.4 Å². The van der Waals surface area contributed by atoms with Crippen LogP contribution in [-0.2, 0) is 17.8 Å². The lowest BCUT2D eigenvalue weighted by molar-refractivity contribution is -0.139. The summed E-state index contributed by atoms with van der Waals surface area (Å²) in [6.45, 7) is 10.9. The van der Waals surface area contributed by atoms with Gasteiger partial charge in [0.25, 0.3) is 0 Å². The van der Waals surface area contributed by atoms with Crippen molar-refractivity contribution >= 4 is 11.9 Å². The Morgan fingerprint density at radius 2 is 1.70 bits per heavy atom. The quantitative estimate of drug-likeness (QED) is 0.387. The number of aryl methyl sites for hydroxylation is 3. The average molecular weight is 597 g/mol. The first kappa shape index (κ1) is 30.5. The van der Waals surface area contributed by atoms with Gasteiger partial charge in [-0.05, 0) is 93.5 Å². The maximum absolute atomic E-state index is 13.7. The van der Waals surface area contributed by atoms with Crippen molar-refractivity contribution in [2.24, 2.45) is 11.3 Å². The molecule has 1 spiro atoms. The summed E-state index contributed by atoms with van der Waals surface area (Å²) >= 11 is 0. The van der Waals surface area contributed by atoms with Gasteiger partial charge in [0.15, 0.2) is 0 Å². The van der Waals surface area contributed by atoms with Gasteiger partial charge in [-0.3, -0.25) is 14.7 Å². The molecule has 6 rings (SSSR count). The van der Waals surface area contributed by atoms with Gasteiger partial charge < -0.3 is 14.5 Å². The van der Waals surface area contributed by atoms with Crippen molar-refractivity contribution < 1.29 is 9.53 Å². The molecule has 0 saturated carbocycles. The van der Waals surface area contributed by atoms with Gasteiger partial charge >= 0.3 is 0 Å². The number of para-hydroxylation sites is 1. The van der Waals surface area contributed by atoms with Gasteiger partial charge in [-0.25, -0.2) is 9.97 Å². The Labute approximate surface area is 262 Å².